The van der Waals surface area contributed by atoms with E-state index >= 15 is 0 Å². The minimum atomic E-state index is -0.113. The fraction of sp³-hybridized carbons (Fsp3) is 0.650. The van der Waals surface area contributed by atoms with E-state index in [1.54, 1.807) is 0 Å². The number of amides is 1. The third kappa shape index (κ3) is 4.35. The lowest BCUT2D eigenvalue weighted by atomic mass is 9.94. The summed E-state index contributed by atoms with van der Waals surface area (Å²) in [7, 11) is 0. The van der Waals surface area contributed by atoms with Crippen molar-refractivity contribution in [3.8, 4) is 0 Å². The smallest absolute Gasteiger partial charge is 0.242 e. The van der Waals surface area contributed by atoms with Gasteiger partial charge in [0.15, 0.2) is 0 Å². The number of carbonyl (C=O) groups is 1. The molecule has 1 N–H and O–H groups in total. The van der Waals surface area contributed by atoms with Crippen LogP contribution in [0, 0.1) is 6.92 Å². The number of nitrogens with zero attached hydrogens (tertiary/aromatic N) is 1. The first-order valence-corrected chi connectivity index (χ1v) is 9.35. The van der Waals surface area contributed by atoms with Gasteiger partial charge < -0.3 is 5.32 Å². The number of rotatable bonds is 4. The molecule has 126 valence electrons. The molecular weight excluding hydrogens is 284 g/mol. The van der Waals surface area contributed by atoms with E-state index in [1.807, 2.05) is 0 Å². The van der Waals surface area contributed by atoms with Gasteiger partial charge in [0, 0.05) is 6.04 Å². The quantitative estimate of drug-likeness (QED) is 0.912. The highest BCUT2D eigenvalue weighted by atomic mass is 16.2. The first kappa shape index (κ1) is 16.5. The van der Waals surface area contributed by atoms with Gasteiger partial charge in [0.1, 0.15) is 6.04 Å². The van der Waals surface area contributed by atoms with Crippen molar-refractivity contribution >= 4 is 5.91 Å². The maximum atomic E-state index is 13.0. The van der Waals surface area contributed by atoms with Crippen LogP contribution >= 0.6 is 0 Å². The van der Waals surface area contributed by atoms with Gasteiger partial charge in [0.2, 0.25) is 5.91 Å². The zero-order valence-electron chi connectivity index (χ0n) is 14.4. The van der Waals surface area contributed by atoms with Crippen LogP contribution in [0.25, 0.3) is 0 Å². The van der Waals surface area contributed by atoms with Crippen LogP contribution in [0.2, 0.25) is 0 Å². The van der Waals surface area contributed by atoms with E-state index in [1.165, 1.54) is 44.1 Å². The van der Waals surface area contributed by atoms with Crippen LogP contribution in [0.1, 0.15) is 68.5 Å². The van der Waals surface area contributed by atoms with Crippen LogP contribution in [-0.2, 0) is 4.79 Å². The van der Waals surface area contributed by atoms with Crippen LogP contribution in [0.4, 0.5) is 0 Å². The number of aryl methyl sites for hydroxylation is 1. The van der Waals surface area contributed by atoms with E-state index in [2.05, 4.69) is 41.4 Å². The second-order valence-corrected chi connectivity index (χ2v) is 7.25. The maximum absolute atomic E-state index is 13.0. The summed E-state index contributed by atoms with van der Waals surface area (Å²) in [6.07, 6.45) is 9.83. The van der Waals surface area contributed by atoms with Crippen molar-refractivity contribution in [2.75, 3.05) is 13.1 Å². The fourth-order valence-corrected chi connectivity index (χ4v) is 3.98. The monoisotopic (exact) mass is 314 g/mol. The summed E-state index contributed by atoms with van der Waals surface area (Å²) >= 11 is 0. The molecule has 23 heavy (non-hydrogen) atoms. The van der Waals surface area contributed by atoms with Crippen LogP contribution < -0.4 is 5.32 Å². The minimum Gasteiger partial charge on any atom is -0.352 e. The van der Waals surface area contributed by atoms with E-state index in [0.29, 0.717) is 6.04 Å². The molecule has 0 aromatic heterocycles. The Morgan fingerprint density at radius 2 is 1.61 bits per heavy atom. The number of hydrogen-bond donors (Lipinski definition) is 1. The van der Waals surface area contributed by atoms with Gasteiger partial charge in [0.05, 0.1) is 0 Å². The van der Waals surface area contributed by atoms with E-state index in [9.17, 15) is 4.79 Å². The Bertz CT molecular complexity index is 499. The van der Waals surface area contributed by atoms with Gasteiger partial charge in [-0.3, -0.25) is 9.69 Å². The Kier molecular flexibility index (Phi) is 5.71. The molecule has 0 bridgehead atoms. The lowest BCUT2D eigenvalue weighted by Gasteiger charge is -2.35. The topological polar surface area (TPSA) is 32.3 Å². The van der Waals surface area contributed by atoms with Gasteiger partial charge in [-0.2, -0.15) is 0 Å². The van der Waals surface area contributed by atoms with Crippen LogP contribution in [-0.4, -0.2) is 29.9 Å². The van der Waals surface area contributed by atoms with Crippen molar-refractivity contribution in [2.24, 2.45) is 0 Å². The molecule has 3 nitrogen and oxygen atoms in total. The second kappa shape index (κ2) is 7.96. The number of nitrogens with one attached hydrogen (secondary N) is 1. The Morgan fingerprint density at radius 1 is 1.00 bits per heavy atom. The average Bonchev–Trinajstić information content (AvgIpc) is 2.59. The highest BCUT2D eigenvalue weighted by Crippen LogP contribution is 2.26. The van der Waals surface area contributed by atoms with Gasteiger partial charge >= 0.3 is 0 Å². The van der Waals surface area contributed by atoms with Crippen molar-refractivity contribution in [1.29, 1.82) is 0 Å². The molecule has 3 rings (SSSR count). The maximum Gasteiger partial charge on any atom is 0.242 e. The molecule has 3 heteroatoms. The fourth-order valence-electron chi connectivity index (χ4n) is 3.98. The highest BCUT2D eigenvalue weighted by molar-refractivity contribution is 5.83. The van der Waals surface area contributed by atoms with E-state index in [-0.39, 0.29) is 11.9 Å². The molecule has 1 aliphatic carbocycles. The molecule has 1 heterocycles. The average molecular weight is 314 g/mol. The molecule has 1 aromatic carbocycles. The molecule has 0 spiro atoms. The van der Waals surface area contributed by atoms with E-state index in [4.69, 9.17) is 0 Å². The SMILES string of the molecule is Cc1ccc([C@@H](C(=O)NC2CCCCC2)N2CCCCC2)cc1. The van der Waals surface area contributed by atoms with Gasteiger partial charge in [-0.05, 0) is 51.3 Å². The molecule has 1 aliphatic heterocycles. The van der Waals surface area contributed by atoms with E-state index in [0.717, 1.165) is 31.5 Å². The van der Waals surface area contributed by atoms with Gasteiger partial charge in [-0.1, -0.05) is 55.5 Å². The summed E-state index contributed by atoms with van der Waals surface area (Å²) in [6, 6.07) is 8.79. The summed E-state index contributed by atoms with van der Waals surface area (Å²) in [4.78, 5) is 15.4. The highest BCUT2D eigenvalue weighted by Gasteiger charge is 2.30. The van der Waals surface area contributed by atoms with Crippen LogP contribution in [0.15, 0.2) is 24.3 Å². The van der Waals surface area contributed by atoms with Crippen LogP contribution in [0.3, 0.4) is 0 Å². The van der Waals surface area contributed by atoms with Crippen molar-refractivity contribution in [1.82, 2.24) is 10.2 Å². The predicted octanol–water partition coefficient (Wildman–Crippen LogP) is 3.97. The third-order valence-corrected chi connectivity index (χ3v) is 5.35. The molecule has 1 aromatic rings. The molecule has 2 aliphatic rings. The Morgan fingerprint density at radius 3 is 2.26 bits per heavy atom. The molecule has 1 atom stereocenters. The van der Waals surface area contributed by atoms with Gasteiger partial charge in [-0.15, -0.1) is 0 Å². The molecule has 1 amide bonds. The minimum absolute atomic E-state index is 0.113. The van der Waals surface area contributed by atoms with Crippen LogP contribution in [0.5, 0.6) is 0 Å². The molecule has 0 radical (unpaired) electrons. The standard InChI is InChI=1S/C20H30N2O/c1-16-10-12-17(13-11-16)19(22-14-6-3-7-15-22)20(23)21-18-8-4-2-5-9-18/h10-13,18-19H,2-9,14-15H2,1H3,(H,21,23)/t19-/m0/s1. The first-order valence-electron chi connectivity index (χ1n) is 9.35. The number of hydrogen-bond acceptors (Lipinski definition) is 2. The summed E-state index contributed by atoms with van der Waals surface area (Å²) in [6.45, 7) is 4.18. The van der Waals surface area contributed by atoms with Gasteiger partial charge in [0.25, 0.3) is 0 Å². The van der Waals surface area contributed by atoms with E-state index < -0.39 is 0 Å². The number of benzene rings is 1. The number of carbonyl (C=O) groups excluding carboxylic acids is 1. The zero-order valence-corrected chi connectivity index (χ0v) is 14.4. The van der Waals surface area contributed by atoms with Crippen molar-refractivity contribution in [3.63, 3.8) is 0 Å². The lowest BCUT2D eigenvalue weighted by Crippen LogP contribution is -2.46. The van der Waals surface area contributed by atoms with Crippen molar-refractivity contribution in [2.45, 2.75) is 70.4 Å². The molecule has 1 saturated carbocycles. The van der Waals surface area contributed by atoms with Crippen molar-refractivity contribution in [3.05, 3.63) is 35.4 Å². The Balaban J connectivity index is 1.75. The van der Waals surface area contributed by atoms with Crippen molar-refractivity contribution < 1.29 is 4.79 Å². The number of piperidine rings is 1. The number of likely N-dealkylation sites (tertiary alicyclic amines) is 1. The normalized spacial score (nSPS) is 21.8. The summed E-state index contributed by atoms with van der Waals surface area (Å²) in [5, 5.41) is 3.35. The molecular formula is C20H30N2O. The molecule has 0 unspecified atom stereocenters. The summed E-state index contributed by atoms with van der Waals surface area (Å²) in [5.74, 6) is 0.211. The molecule has 2 fully saturated rings. The Labute approximate surface area is 140 Å². The summed E-state index contributed by atoms with van der Waals surface area (Å²) < 4.78 is 0. The summed E-state index contributed by atoms with van der Waals surface area (Å²) in [5.41, 5.74) is 2.39. The second-order valence-electron chi connectivity index (χ2n) is 7.25. The zero-order chi connectivity index (χ0) is 16.1. The predicted molar refractivity (Wildman–Crippen MR) is 94.4 cm³/mol. The Hall–Kier alpha value is -1.35. The largest absolute Gasteiger partial charge is 0.352 e. The first-order chi connectivity index (χ1) is 11.2. The molecule has 1 saturated heterocycles. The van der Waals surface area contributed by atoms with Gasteiger partial charge in [-0.25, -0.2) is 0 Å². The lowest BCUT2D eigenvalue weighted by molar-refractivity contribution is -0.128. The third-order valence-electron chi connectivity index (χ3n) is 5.35.